The molecule has 0 spiro atoms. The van der Waals surface area contributed by atoms with Gasteiger partial charge in [0.25, 0.3) is 0 Å². The van der Waals surface area contributed by atoms with E-state index in [0.717, 1.165) is 69.8 Å². The van der Waals surface area contributed by atoms with E-state index in [1.807, 2.05) is 12.1 Å². The number of ketones is 1. The summed E-state index contributed by atoms with van der Waals surface area (Å²) in [6.07, 6.45) is 13.7. The van der Waals surface area contributed by atoms with Crippen LogP contribution in [0.15, 0.2) is 24.5 Å². The predicted octanol–water partition coefficient (Wildman–Crippen LogP) is 5.00. The van der Waals surface area contributed by atoms with Crippen LogP contribution in [-0.4, -0.2) is 16.7 Å². The van der Waals surface area contributed by atoms with Crippen LogP contribution in [0, 0.1) is 0 Å². The van der Waals surface area contributed by atoms with Gasteiger partial charge in [-0.3, -0.25) is 14.6 Å². The van der Waals surface area contributed by atoms with Crippen molar-refractivity contribution in [1.82, 2.24) is 4.98 Å². The highest BCUT2D eigenvalue weighted by molar-refractivity contribution is 5.78. The van der Waals surface area contributed by atoms with Crippen LogP contribution in [0.5, 0.6) is 0 Å². The highest BCUT2D eigenvalue weighted by atomic mass is 16.5. The standard InChI is InChI=1S/C20H31NO3/c1-2-3-7-12-19(22)13-8-5-4-6-9-14-20(23)24-17-18-11-10-15-21-16-18/h10-11,15-16H,2-9,12-14,17H2,1H3. The molecular formula is C20H31NO3. The maximum absolute atomic E-state index is 11.6. The molecular weight excluding hydrogens is 302 g/mol. The molecule has 0 N–H and O–H groups in total. The normalized spacial score (nSPS) is 10.5. The number of nitrogens with zero attached hydrogens (tertiary/aromatic N) is 1. The third-order valence-electron chi connectivity index (χ3n) is 4.02. The maximum atomic E-state index is 11.6. The molecule has 1 aromatic heterocycles. The second-order valence-corrected chi connectivity index (χ2v) is 6.29. The SMILES string of the molecule is CCCCCC(=O)CCCCCCCC(=O)OCc1cccnc1. The number of Topliss-reactive ketones (excluding diaryl/α,β-unsaturated/α-hetero) is 1. The molecule has 4 heteroatoms. The minimum absolute atomic E-state index is 0.148. The van der Waals surface area contributed by atoms with Crippen LogP contribution in [0.3, 0.4) is 0 Å². The number of esters is 1. The number of carbonyl (C=O) groups is 2. The Balaban J connectivity index is 1.91. The summed E-state index contributed by atoms with van der Waals surface area (Å²) in [6, 6.07) is 3.72. The van der Waals surface area contributed by atoms with Gasteiger partial charge in [0.05, 0.1) is 0 Å². The molecule has 1 aromatic rings. The first-order chi connectivity index (χ1) is 11.7. The van der Waals surface area contributed by atoms with Gasteiger partial charge in [0.2, 0.25) is 0 Å². The fraction of sp³-hybridized carbons (Fsp3) is 0.650. The van der Waals surface area contributed by atoms with Crippen molar-refractivity contribution in [3.63, 3.8) is 0 Å². The number of aromatic nitrogens is 1. The lowest BCUT2D eigenvalue weighted by molar-refractivity contribution is -0.145. The van der Waals surface area contributed by atoms with E-state index in [0.29, 0.717) is 18.8 Å². The zero-order valence-corrected chi connectivity index (χ0v) is 15.0. The van der Waals surface area contributed by atoms with E-state index in [4.69, 9.17) is 4.74 Å². The zero-order valence-electron chi connectivity index (χ0n) is 15.0. The van der Waals surface area contributed by atoms with Crippen LogP contribution >= 0.6 is 0 Å². The molecule has 24 heavy (non-hydrogen) atoms. The van der Waals surface area contributed by atoms with Crippen molar-refractivity contribution >= 4 is 11.8 Å². The summed E-state index contributed by atoms with van der Waals surface area (Å²) in [5, 5.41) is 0. The predicted molar refractivity (Wildman–Crippen MR) is 95.5 cm³/mol. The zero-order chi connectivity index (χ0) is 17.5. The van der Waals surface area contributed by atoms with Crippen LogP contribution < -0.4 is 0 Å². The topological polar surface area (TPSA) is 56.3 Å². The molecule has 0 bridgehead atoms. The van der Waals surface area contributed by atoms with Gasteiger partial charge in [0.15, 0.2) is 0 Å². The number of pyridine rings is 1. The van der Waals surface area contributed by atoms with E-state index < -0.39 is 0 Å². The molecule has 0 unspecified atom stereocenters. The van der Waals surface area contributed by atoms with E-state index in [9.17, 15) is 9.59 Å². The van der Waals surface area contributed by atoms with Gasteiger partial charge in [-0.15, -0.1) is 0 Å². The maximum Gasteiger partial charge on any atom is 0.306 e. The molecule has 0 aromatic carbocycles. The first kappa shape index (κ1) is 20.3. The van der Waals surface area contributed by atoms with E-state index in [1.165, 1.54) is 0 Å². The molecule has 4 nitrogen and oxygen atoms in total. The molecule has 0 aliphatic rings. The van der Waals surface area contributed by atoms with E-state index >= 15 is 0 Å². The Morgan fingerprint density at radius 1 is 0.958 bits per heavy atom. The fourth-order valence-corrected chi connectivity index (χ4v) is 2.54. The smallest absolute Gasteiger partial charge is 0.306 e. The van der Waals surface area contributed by atoms with Crippen LogP contribution in [0.2, 0.25) is 0 Å². The number of ether oxygens (including phenoxy) is 1. The number of carbonyl (C=O) groups excluding carboxylic acids is 2. The fourth-order valence-electron chi connectivity index (χ4n) is 2.54. The minimum Gasteiger partial charge on any atom is -0.461 e. The Bertz CT molecular complexity index is 459. The highest BCUT2D eigenvalue weighted by Gasteiger charge is 2.04. The van der Waals surface area contributed by atoms with Gasteiger partial charge in [-0.25, -0.2) is 0 Å². The lowest BCUT2D eigenvalue weighted by Crippen LogP contribution is -2.04. The van der Waals surface area contributed by atoms with Crippen LogP contribution in [0.4, 0.5) is 0 Å². The molecule has 1 rings (SSSR count). The van der Waals surface area contributed by atoms with Gasteiger partial charge in [-0.2, -0.15) is 0 Å². The average molecular weight is 333 g/mol. The second-order valence-electron chi connectivity index (χ2n) is 6.29. The van der Waals surface area contributed by atoms with Gasteiger partial charge >= 0.3 is 5.97 Å². The lowest BCUT2D eigenvalue weighted by Gasteiger charge is -2.05. The van der Waals surface area contributed by atoms with Gasteiger partial charge in [-0.1, -0.05) is 45.1 Å². The van der Waals surface area contributed by atoms with Crippen molar-refractivity contribution in [3.8, 4) is 0 Å². The van der Waals surface area contributed by atoms with Gasteiger partial charge < -0.3 is 4.74 Å². The summed E-state index contributed by atoms with van der Waals surface area (Å²) in [4.78, 5) is 27.2. The summed E-state index contributed by atoms with van der Waals surface area (Å²) in [5.74, 6) is 0.257. The van der Waals surface area contributed by atoms with E-state index in [2.05, 4.69) is 11.9 Å². The van der Waals surface area contributed by atoms with Crippen molar-refractivity contribution < 1.29 is 14.3 Å². The molecule has 0 fully saturated rings. The highest BCUT2D eigenvalue weighted by Crippen LogP contribution is 2.10. The van der Waals surface area contributed by atoms with Crippen molar-refractivity contribution in [3.05, 3.63) is 30.1 Å². The Morgan fingerprint density at radius 3 is 2.29 bits per heavy atom. The van der Waals surface area contributed by atoms with Gasteiger partial charge in [0, 0.05) is 37.2 Å². The third-order valence-corrected chi connectivity index (χ3v) is 4.02. The molecule has 0 saturated carbocycles. The molecule has 0 radical (unpaired) electrons. The summed E-state index contributed by atoms with van der Waals surface area (Å²) in [7, 11) is 0. The Hall–Kier alpha value is -1.71. The quantitative estimate of drug-likeness (QED) is 0.355. The van der Waals surface area contributed by atoms with Gasteiger partial charge in [-0.05, 0) is 25.3 Å². The molecule has 0 aliphatic heterocycles. The van der Waals surface area contributed by atoms with Crippen molar-refractivity contribution in [2.24, 2.45) is 0 Å². The van der Waals surface area contributed by atoms with Crippen LogP contribution in [0.1, 0.15) is 83.1 Å². The summed E-state index contributed by atoms with van der Waals surface area (Å²) < 4.78 is 5.21. The second kappa shape index (κ2) is 13.7. The Morgan fingerprint density at radius 2 is 1.62 bits per heavy atom. The monoisotopic (exact) mass is 333 g/mol. The first-order valence-electron chi connectivity index (χ1n) is 9.28. The van der Waals surface area contributed by atoms with Crippen molar-refractivity contribution in [2.45, 2.75) is 84.2 Å². The summed E-state index contributed by atoms with van der Waals surface area (Å²) in [6.45, 7) is 2.45. The largest absolute Gasteiger partial charge is 0.461 e. The summed E-state index contributed by atoms with van der Waals surface area (Å²) in [5.41, 5.74) is 0.912. The number of hydrogen-bond donors (Lipinski definition) is 0. The number of rotatable bonds is 14. The molecule has 0 atom stereocenters. The minimum atomic E-state index is -0.148. The summed E-state index contributed by atoms with van der Waals surface area (Å²) >= 11 is 0. The molecule has 134 valence electrons. The Kier molecular flexibility index (Phi) is 11.6. The van der Waals surface area contributed by atoms with E-state index in [-0.39, 0.29) is 5.97 Å². The van der Waals surface area contributed by atoms with Crippen molar-refractivity contribution in [2.75, 3.05) is 0 Å². The molecule has 0 aliphatic carbocycles. The van der Waals surface area contributed by atoms with Crippen LogP contribution in [0.25, 0.3) is 0 Å². The van der Waals surface area contributed by atoms with Crippen molar-refractivity contribution in [1.29, 1.82) is 0 Å². The Labute approximate surface area is 146 Å². The first-order valence-corrected chi connectivity index (χ1v) is 9.28. The average Bonchev–Trinajstić information content (AvgIpc) is 2.60. The number of hydrogen-bond acceptors (Lipinski definition) is 4. The lowest BCUT2D eigenvalue weighted by atomic mass is 10.0. The van der Waals surface area contributed by atoms with Gasteiger partial charge in [0.1, 0.15) is 12.4 Å². The van der Waals surface area contributed by atoms with E-state index in [1.54, 1.807) is 12.4 Å². The molecule has 1 heterocycles. The molecule has 0 amide bonds. The number of unbranched alkanes of at least 4 members (excludes halogenated alkanes) is 6. The third kappa shape index (κ3) is 10.9. The van der Waals surface area contributed by atoms with Crippen LogP contribution in [-0.2, 0) is 20.9 Å². The molecule has 0 saturated heterocycles.